The smallest absolute Gasteiger partial charge is 0.295 e. The summed E-state index contributed by atoms with van der Waals surface area (Å²) in [5, 5.41) is 10.00. The largest absolute Gasteiger partial charge is 0.417 e. The molecule has 10 heteroatoms. The molecule has 0 N–H and O–H groups in total. The summed E-state index contributed by atoms with van der Waals surface area (Å²) in [5.41, 5.74) is -2.34. The van der Waals surface area contributed by atoms with Gasteiger partial charge >= 0.3 is 6.18 Å². The fourth-order valence-electron chi connectivity index (χ4n) is 11.5. The third kappa shape index (κ3) is 4.56. The lowest BCUT2D eigenvalue weighted by Gasteiger charge is -2.69. The van der Waals surface area contributed by atoms with Crippen molar-refractivity contribution in [2.45, 2.75) is 99.6 Å². The number of carbonyl (C=O) groups is 3. The quantitative estimate of drug-likeness (QED) is 0.313. The second-order valence-electron chi connectivity index (χ2n) is 17.8. The van der Waals surface area contributed by atoms with Gasteiger partial charge in [-0.2, -0.15) is 18.4 Å². The van der Waals surface area contributed by atoms with Crippen LogP contribution in [0.15, 0.2) is 54.2 Å². The number of rotatable bonds is 2. The monoisotopic (exact) mass is 686 g/mol. The van der Waals surface area contributed by atoms with Crippen LogP contribution in [0.4, 0.5) is 13.2 Å². The summed E-state index contributed by atoms with van der Waals surface area (Å²) in [6.07, 6.45) is 7.86. The van der Waals surface area contributed by atoms with Crippen LogP contribution in [0.2, 0.25) is 0 Å². The van der Waals surface area contributed by atoms with Gasteiger partial charge in [0.15, 0.2) is 11.6 Å². The number of aromatic nitrogens is 3. The minimum absolute atomic E-state index is 0.0170. The molecule has 7 nitrogen and oxygen atoms in total. The average Bonchev–Trinajstić information content (AvgIpc) is 3.53. The summed E-state index contributed by atoms with van der Waals surface area (Å²) in [6.45, 7) is 14.9. The van der Waals surface area contributed by atoms with Gasteiger partial charge in [-0.15, -0.1) is 0 Å². The van der Waals surface area contributed by atoms with Crippen LogP contribution >= 0.6 is 0 Å². The number of ketones is 2. The molecule has 2 aromatic rings. The minimum atomic E-state index is -4.51. The summed E-state index contributed by atoms with van der Waals surface area (Å²) >= 11 is 0. The second kappa shape index (κ2) is 10.6. The first-order valence-electron chi connectivity index (χ1n) is 17.7. The maximum Gasteiger partial charge on any atom is 0.417 e. The van der Waals surface area contributed by atoms with Crippen LogP contribution in [0.25, 0.3) is 11.4 Å². The van der Waals surface area contributed by atoms with Gasteiger partial charge in [0.2, 0.25) is 5.91 Å². The zero-order valence-electron chi connectivity index (χ0n) is 29.9. The number of alkyl halides is 3. The van der Waals surface area contributed by atoms with Crippen LogP contribution in [-0.4, -0.2) is 32.0 Å². The highest BCUT2D eigenvalue weighted by Crippen LogP contribution is 2.74. The Morgan fingerprint density at radius 2 is 1.66 bits per heavy atom. The first-order valence-corrected chi connectivity index (χ1v) is 17.7. The molecule has 5 aliphatic carbocycles. The Kier molecular flexibility index (Phi) is 7.32. The molecule has 0 amide bonds. The van der Waals surface area contributed by atoms with E-state index in [2.05, 4.69) is 50.7 Å². The van der Waals surface area contributed by atoms with Crippen molar-refractivity contribution in [2.75, 3.05) is 0 Å². The van der Waals surface area contributed by atoms with Crippen molar-refractivity contribution < 1.29 is 27.6 Å². The van der Waals surface area contributed by atoms with Crippen LogP contribution in [0, 0.1) is 61.6 Å². The number of carbonyl (C=O) groups excluding carboxylic acids is 3. The molecule has 2 aromatic heterocycles. The normalized spacial score (nSPS) is 37.3. The molecular weight excluding hydrogens is 641 g/mol. The third-order valence-corrected chi connectivity index (χ3v) is 14.5. The van der Waals surface area contributed by atoms with Crippen LogP contribution < -0.4 is 0 Å². The van der Waals surface area contributed by atoms with Crippen molar-refractivity contribution in [2.24, 2.45) is 50.2 Å². The minimum Gasteiger partial charge on any atom is -0.295 e. The number of Topliss-reactive ketones (excluding diaryl/α,β-unsaturated/α-hetero) is 1. The van der Waals surface area contributed by atoms with E-state index < -0.39 is 44.7 Å². The predicted molar refractivity (Wildman–Crippen MR) is 180 cm³/mol. The van der Waals surface area contributed by atoms with Gasteiger partial charge in [0, 0.05) is 29.1 Å². The molecule has 0 aromatic carbocycles. The van der Waals surface area contributed by atoms with Gasteiger partial charge < -0.3 is 0 Å². The number of pyridine rings is 1. The van der Waals surface area contributed by atoms with Gasteiger partial charge in [-0.25, -0.2) is 4.98 Å². The Morgan fingerprint density at radius 3 is 2.30 bits per heavy atom. The molecule has 3 saturated carbocycles. The van der Waals surface area contributed by atoms with E-state index in [1.807, 2.05) is 26.0 Å². The fourth-order valence-corrected chi connectivity index (χ4v) is 11.5. The molecule has 5 aliphatic rings. The van der Waals surface area contributed by atoms with Crippen LogP contribution in [0.1, 0.15) is 104 Å². The lowest BCUT2D eigenvalue weighted by Crippen LogP contribution is -2.66. The molecule has 0 bridgehead atoms. The first kappa shape index (κ1) is 34.6. The molecule has 7 rings (SSSR count). The Labute approximate surface area is 291 Å². The summed E-state index contributed by atoms with van der Waals surface area (Å²) in [4.78, 5) is 51.4. The summed E-state index contributed by atoms with van der Waals surface area (Å²) in [6, 6.07) is 4.37. The zero-order chi connectivity index (χ0) is 36.4. The number of hydrogen-bond donors (Lipinski definition) is 0. The molecule has 7 atom stereocenters. The van der Waals surface area contributed by atoms with Gasteiger partial charge in [0.1, 0.15) is 18.1 Å². The maximum atomic E-state index is 14.8. The maximum absolute atomic E-state index is 14.8. The molecule has 0 spiro atoms. The average molecular weight is 687 g/mol. The molecule has 50 heavy (non-hydrogen) atoms. The molecule has 2 unspecified atom stereocenters. The van der Waals surface area contributed by atoms with Gasteiger partial charge in [-0.3, -0.25) is 23.9 Å². The summed E-state index contributed by atoms with van der Waals surface area (Å²) < 4.78 is 40.9. The van der Waals surface area contributed by atoms with E-state index in [0.717, 1.165) is 37.1 Å². The number of nitrogens with zero attached hydrogens (tertiary/aromatic N) is 4. The second-order valence-corrected chi connectivity index (χ2v) is 17.8. The van der Waals surface area contributed by atoms with Gasteiger partial charge in [0.05, 0.1) is 22.2 Å². The van der Waals surface area contributed by atoms with E-state index in [0.29, 0.717) is 31.4 Å². The zero-order valence-corrected chi connectivity index (χ0v) is 29.9. The lowest BCUT2D eigenvalue weighted by atomic mass is 9.34. The summed E-state index contributed by atoms with van der Waals surface area (Å²) in [7, 11) is 0. The van der Waals surface area contributed by atoms with Crippen molar-refractivity contribution in [3.8, 4) is 17.5 Å². The predicted octanol–water partition coefficient (Wildman–Crippen LogP) is 8.82. The molecule has 2 heterocycles. The van der Waals surface area contributed by atoms with Crippen molar-refractivity contribution in [3.63, 3.8) is 0 Å². The van der Waals surface area contributed by atoms with E-state index in [4.69, 9.17) is 0 Å². The van der Waals surface area contributed by atoms with E-state index >= 15 is 0 Å². The van der Waals surface area contributed by atoms with Crippen LogP contribution in [0.5, 0.6) is 0 Å². The number of imidazole rings is 1. The Hall–Kier alpha value is -3.87. The first-order chi connectivity index (χ1) is 23.1. The molecule has 264 valence electrons. The topological polar surface area (TPSA) is 106 Å². The van der Waals surface area contributed by atoms with E-state index in [1.165, 1.54) is 17.0 Å². The fraction of sp³-hybridized carbons (Fsp3) is 0.600. The van der Waals surface area contributed by atoms with Crippen LogP contribution in [0.3, 0.4) is 0 Å². The van der Waals surface area contributed by atoms with Crippen molar-refractivity contribution in [1.82, 2.24) is 14.5 Å². The Balaban J connectivity index is 1.30. The van der Waals surface area contributed by atoms with Crippen LogP contribution in [-0.2, 0) is 15.8 Å². The van der Waals surface area contributed by atoms with Gasteiger partial charge in [-0.05, 0) is 91.2 Å². The number of halogens is 3. The highest BCUT2D eigenvalue weighted by Gasteiger charge is 2.71. The Bertz CT molecular complexity index is 1930. The molecular formula is C40H45F3N4O3. The third-order valence-electron chi connectivity index (χ3n) is 14.5. The number of allylic oxidation sites excluding steroid dienone is 4. The van der Waals surface area contributed by atoms with Crippen molar-refractivity contribution >= 4 is 17.5 Å². The Morgan fingerprint density at radius 1 is 0.960 bits per heavy atom. The van der Waals surface area contributed by atoms with E-state index in [9.17, 15) is 32.8 Å². The van der Waals surface area contributed by atoms with Gasteiger partial charge in [0.25, 0.3) is 0 Å². The number of hydrogen-bond acceptors (Lipinski definition) is 6. The number of nitriles is 1. The standard InChI is InChI=1S/C40H45F3N4O3/c1-34(2)12-14-39(33(50)47-21-27(46-22-47)26-9-8-24(20-45-26)40(41,42)43)15-13-38(7)31(25(39)18-34)28(48)16-30-36(5)17-23(19-44)32(49)35(3,4)29(36)10-11-37(30,38)6/h8-9,16-17,20-22,25,29,31H,10-15,18H2,1-7H3/t25?,29?,31-,36-,37+,38+,39-/m0/s1. The highest BCUT2D eigenvalue weighted by atomic mass is 19.4. The van der Waals surface area contributed by atoms with E-state index in [-0.39, 0.29) is 46.0 Å². The van der Waals surface area contributed by atoms with E-state index in [1.54, 1.807) is 6.20 Å². The number of fused-ring (bicyclic) bond motifs is 7. The summed E-state index contributed by atoms with van der Waals surface area (Å²) in [5.74, 6) is -0.966. The van der Waals surface area contributed by atoms with Gasteiger partial charge in [-0.1, -0.05) is 60.1 Å². The van der Waals surface area contributed by atoms with Crippen molar-refractivity contribution in [1.29, 1.82) is 5.26 Å². The molecule has 0 aliphatic heterocycles. The highest BCUT2D eigenvalue weighted by molar-refractivity contribution is 6.04. The molecule has 0 saturated heterocycles. The molecule has 0 radical (unpaired) electrons. The van der Waals surface area contributed by atoms with Crippen molar-refractivity contribution in [3.05, 3.63) is 59.7 Å². The lowest BCUT2D eigenvalue weighted by molar-refractivity contribution is -0.164. The SMILES string of the molecule is CC1(C)CC[C@]2(C(=O)n3cnc(-c4ccc(C(F)(F)F)cn4)c3)CC[C@]3(C)[C@H](C(=O)C=C4[C@@]5(C)C=C(C#N)C(=O)C(C)(C)C5CC[C@]43C)C2C1. The molecule has 3 fully saturated rings.